The van der Waals surface area contributed by atoms with Gasteiger partial charge in [-0.3, -0.25) is 13.9 Å². The summed E-state index contributed by atoms with van der Waals surface area (Å²) in [6.45, 7) is 0.109. The van der Waals surface area contributed by atoms with Crippen LogP contribution in [0.5, 0.6) is 5.75 Å². The molecule has 176 valence electrons. The Balaban J connectivity index is 1.50. The van der Waals surface area contributed by atoms with Crippen LogP contribution >= 0.6 is 0 Å². The van der Waals surface area contributed by atoms with Crippen molar-refractivity contribution in [2.24, 2.45) is 0 Å². The van der Waals surface area contributed by atoms with E-state index in [2.05, 4.69) is 10.6 Å². The summed E-state index contributed by atoms with van der Waals surface area (Å²) in [5, 5.41) is 5.90. The van der Waals surface area contributed by atoms with Crippen molar-refractivity contribution in [1.82, 2.24) is 5.32 Å². The first-order valence-corrected chi connectivity index (χ1v) is 13.1. The van der Waals surface area contributed by atoms with Crippen molar-refractivity contribution in [3.63, 3.8) is 0 Å². The predicted octanol–water partition coefficient (Wildman–Crippen LogP) is 3.30. The molecule has 0 unspecified atom stereocenters. The molecule has 1 heterocycles. The zero-order valence-electron chi connectivity index (χ0n) is 18.6. The largest absolute Gasteiger partial charge is 0.478 e. The first-order chi connectivity index (χ1) is 15.8. The second-order valence-corrected chi connectivity index (χ2v) is 10.4. The summed E-state index contributed by atoms with van der Waals surface area (Å²) in [4.78, 5) is 26.0. The third-order valence-corrected chi connectivity index (χ3v) is 7.24. The Labute approximate surface area is 194 Å². The number of nitrogens with one attached hydrogen (secondary N) is 2. The molecule has 2 aromatic rings. The van der Waals surface area contributed by atoms with Gasteiger partial charge >= 0.3 is 0 Å². The highest BCUT2D eigenvalue weighted by molar-refractivity contribution is 7.92. The number of carbonyl (C=O) groups excluding carboxylic acids is 2. The van der Waals surface area contributed by atoms with Crippen molar-refractivity contribution < 1.29 is 22.7 Å². The van der Waals surface area contributed by atoms with Gasteiger partial charge in [-0.25, -0.2) is 8.42 Å². The summed E-state index contributed by atoms with van der Waals surface area (Å²) < 4.78 is 31.7. The maximum absolute atomic E-state index is 13.1. The average Bonchev–Trinajstić information content (AvgIpc) is 3.00. The molecule has 8 nitrogen and oxygen atoms in total. The maximum atomic E-state index is 13.1. The van der Waals surface area contributed by atoms with E-state index >= 15 is 0 Å². The summed E-state index contributed by atoms with van der Waals surface area (Å²) in [5.41, 5.74) is 1.20. The van der Waals surface area contributed by atoms with Gasteiger partial charge in [-0.2, -0.15) is 0 Å². The van der Waals surface area contributed by atoms with Crippen LogP contribution in [0.15, 0.2) is 48.5 Å². The third-order valence-electron chi connectivity index (χ3n) is 6.06. The van der Waals surface area contributed by atoms with Crippen LogP contribution in [0.4, 0.5) is 11.4 Å². The van der Waals surface area contributed by atoms with E-state index in [1.807, 2.05) is 0 Å². The number of fused-ring (bicyclic) bond motifs is 1. The van der Waals surface area contributed by atoms with Gasteiger partial charge in [-0.15, -0.1) is 0 Å². The summed E-state index contributed by atoms with van der Waals surface area (Å²) in [6, 6.07) is 13.8. The molecule has 1 aliphatic heterocycles. The lowest BCUT2D eigenvalue weighted by Crippen LogP contribution is -2.38. The SMILES string of the molecule is CS(=O)(=O)N1CC[C@H](C(=O)Nc2ccccc2C(=O)NC2CCCCC2)Oc2ccccc21. The van der Waals surface area contributed by atoms with Crippen molar-refractivity contribution in [1.29, 1.82) is 0 Å². The summed E-state index contributed by atoms with van der Waals surface area (Å²) in [7, 11) is -3.53. The minimum Gasteiger partial charge on any atom is -0.478 e. The lowest BCUT2D eigenvalue weighted by molar-refractivity contribution is -0.122. The minimum absolute atomic E-state index is 0.109. The second kappa shape index (κ2) is 9.82. The first kappa shape index (κ1) is 23.1. The second-order valence-electron chi connectivity index (χ2n) is 8.54. The molecule has 0 radical (unpaired) electrons. The van der Waals surface area contributed by atoms with Crippen LogP contribution in [-0.4, -0.2) is 45.2 Å². The topological polar surface area (TPSA) is 105 Å². The molecular weight excluding hydrogens is 442 g/mol. The van der Waals surface area contributed by atoms with Gasteiger partial charge in [-0.05, 0) is 37.1 Å². The number of hydrogen-bond acceptors (Lipinski definition) is 5. The Bertz CT molecular complexity index is 1130. The van der Waals surface area contributed by atoms with Gasteiger partial charge in [0.15, 0.2) is 6.10 Å². The van der Waals surface area contributed by atoms with E-state index < -0.39 is 22.0 Å². The number of hydrogen-bond donors (Lipinski definition) is 2. The van der Waals surface area contributed by atoms with E-state index in [1.165, 1.54) is 10.7 Å². The number of ether oxygens (including phenoxy) is 1. The fourth-order valence-corrected chi connectivity index (χ4v) is 5.32. The zero-order chi connectivity index (χ0) is 23.4. The molecule has 1 fully saturated rings. The summed E-state index contributed by atoms with van der Waals surface area (Å²) >= 11 is 0. The first-order valence-electron chi connectivity index (χ1n) is 11.3. The fourth-order valence-electron chi connectivity index (χ4n) is 4.37. The van der Waals surface area contributed by atoms with E-state index in [0.29, 0.717) is 22.7 Å². The Morgan fingerprint density at radius 1 is 0.970 bits per heavy atom. The lowest BCUT2D eigenvalue weighted by Gasteiger charge is -2.23. The number of sulfonamides is 1. The quantitative estimate of drug-likeness (QED) is 0.696. The van der Waals surface area contributed by atoms with Crippen molar-refractivity contribution in [3.8, 4) is 5.75 Å². The monoisotopic (exact) mass is 471 g/mol. The highest BCUT2D eigenvalue weighted by Gasteiger charge is 2.31. The van der Waals surface area contributed by atoms with Gasteiger partial charge in [0.1, 0.15) is 5.75 Å². The van der Waals surface area contributed by atoms with Crippen LogP contribution in [0.2, 0.25) is 0 Å². The van der Waals surface area contributed by atoms with Gasteiger partial charge in [0.25, 0.3) is 11.8 Å². The van der Waals surface area contributed by atoms with Gasteiger partial charge < -0.3 is 15.4 Å². The number of para-hydroxylation sites is 3. The van der Waals surface area contributed by atoms with Gasteiger partial charge in [0, 0.05) is 19.0 Å². The molecule has 1 aliphatic carbocycles. The molecule has 2 N–H and O–H groups in total. The van der Waals surface area contributed by atoms with Crippen LogP contribution < -0.4 is 19.7 Å². The van der Waals surface area contributed by atoms with Crippen LogP contribution in [0, 0.1) is 0 Å². The molecule has 0 bridgehead atoms. The van der Waals surface area contributed by atoms with Crippen molar-refractivity contribution in [2.75, 3.05) is 22.4 Å². The minimum atomic E-state index is -3.53. The fraction of sp³-hybridized carbons (Fsp3) is 0.417. The maximum Gasteiger partial charge on any atom is 0.265 e. The van der Waals surface area contributed by atoms with E-state index in [-0.39, 0.29) is 24.9 Å². The van der Waals surface area contributed by atoms with E-state index in [1.54, 1.807) is 48.5 Å². The van der Waals surface area contributed by atoms with E-state index in [9.17, 15) is 18.0 Å². The third kappa shape index (κ3) is 5.47. The highest BCUT2D eigenvalue weighted by Crippen LogP contribution is 2.34. The highest BCUT2D eigenvalue weighted by atomic mass is 32.2. The van der Waals surface area contributed by atoms with Crippen LogP contribution in [0.25, 0.3) is 0 Å². The Morgan fingerprint density at radius 3 is 2.42 bits per heavy atom. The standard InChI is InChI=1S/C24H29N3O5S/c1-33(30,31)27-16-15-22(32-21-14-8-7-13-20(21)27)24(29)26-19-12-6-5-11-18(19)23(28)25-17-9-3-2-4-10-17/h5-8,11-14,17,22H,2-4,9-10,15-16H2,1H3,(H,25,28)(H,26,29)/t22-/m1/s1. The van der Waals surface area contributed by atoms with Crippen molar-refractivity contribution in [2.45, 2.75) is 50.7 Å². The van der Waals surface area contributed by atoms with Crippen LogP contribution in [0.3, 0.4) is 0 Å². The van der Waals surface area contributed by atoms with Crippen LogP contribution in [0.1, 0.15) is 48.9 Å². The van der Waals surface area contributed by atoms with E-state index in [0.717, 1.165) is 31.9 Å². The Morgan fingerprint density at radius 2 is 1.67 bits per heavy atom. The van der Waals surface area contributed by atoms with Gasteiger partial charge in [-0.1, -0.05) is 43.5 Å². The summed E-state index contributed by atoms with van der Waals surface area (Å²) in [5.74, 6) is -0.324. The van der Waals surface area contributed by atoms with Gasteiger partial charge in [0.2, 0.25) is 10.0 Å². The van der Waals surface area contributed by atoms with Gasteiger partial charge in [0.05, 0.1) is 23.2 Å². The molecular formula is C24H29N3O5S. The van der Waals surface area contributed by atoms with Crippen molar-refractivity contribution >= 4 is 33.2 Å². The molecule has 0 aromatic heterocycles. The van der Waals surface area contributed by atoms with E-state index in [4.69, 9.17) is 4.74 Å². The molecule has 9 heteroatoms. The normalized spacial score (nSPS) is 19.1. The smallest absolute Gasteiger partial charge is 0.265 e. The number of anilines is 2. The molecule has 0 saturated heterocycles. The Hall–Kier alpha value is -3.07. The number of carbonyl (C=O) groups is 2. The number of amides is 2. The molecule has 2 aliphatic rings. The average molecular weight is 472 g/mol. The number of rotatable bonds is 5. The molecule has 4 rings (SSSR count). The Kier molecular flexibility index (Phi) is 6.88. The zero-order valence-corrected chi connectivity index (χ0v) is 19.4. The molecule has 2 aromatic carbocycles. The van der Waals surface area contributed by atoms with Crippen LogP contribution in [-0.2, 0) is 14.8 Å². The summed E-state index contributed by atoms with van der Waals surface area (Å²) in [6.07, 6.45) is 5.73. The molecule has 2 amide bonds. The molecule has 0 spiro atoms. The molecule has 1 atom stereocenters. The molecule has 1 saturated carbocycles. The predicted molar refractivity (Wildman–Crippen MR) is 127 cm³/mol. The number of benzene rings is 2. The lowest BCUT2D eigenvalue weighted by atomic mass is 9.95. The van der Waals surface area contributed by atoms with Crippen molar-refractivity contribution in [3.05, 3.63) is 54.1 Å². The number of nitrogens with zero attached hydrogens (tertiary/aromatic N) is 1. The molecule has 33 heavy (non-hydrogen) atoms.